The summed E-state index contributed by atoms with van der Waals surface area (Å²) in [4.78, 5) is 0. The molecule has 0 spiro atoms. The third-order valence-corrected chi connectivity index (χ3v) is 16.6. The monoisotopic (exact) mass is 1040 g/mol. The summed E-state index contributed by atoms with van der Waals surface area (Å²) in [5.74, 6) is 0. The average Bonchev–Trinajstić information content (AvgIpc) is 3.04. The number of hydrogen-bond donors (Lipinski definition) is 0. The van der Waals surface area contributed by atoms with Gasteiger partial charge in [0.05, 0.1) is 0 Å². The molecule has 0 aliphatic carbocycles. The molecule has 15 rings (SSSR count). The smallest absolute Gasteiger partial charge is 0.0000921 e. The topological polar surface area (TPSA) is 0 Å². The molecule has 0 unspecified atom stereocenters. The van der Waals surface area contributed by atoms with Crippen molar-refractivity contribution in [1.29, 1.82) is 0 Å². The number of fused-ring (bicyclic) bond motifs is 4. The maximum Gasteiger partial charge on any atom is -0.0000921 e. The van der Waals surface area contributed by atoms with Gasteiger partial charge in [0.2, 0.25) is 0 Å². The Morgan fingerprint density at radius 1 is 0.0976 bits per heavy atom. The van der Waals surface area contributed by atoms with Gasteiger partial charge in [-0.3, -0.25) is 0 Å². The van der Waals surface area contributed by atoms with Crippen molar-refractivity contribution >= 4 is 43.1 Å². The molecule has 0 heterocycles. The van der Waals surface area contributed by atoms with Gasteiger partial charge in [-0.1, -0.05) is 328 Å². The molecule has 0 N–H and O–H groups in total. The zero-order valence-corrected chi connectivity index (χ0v) is 45.2. The SMILES string of the molecule is c1ccc(-c2c(-c3ccccc3)c(-c3ccccc3)c3c(-c4ccccc4)c4c(-c5ccccc5)c5c(-c6ccccc6)c6ccccc6c(-c6ccccc6)c5c(-c5ccccc5)c4c(-c4ccccc4)c3c2-c2ccccc2)cc1. The first-order valence-corrected chi connectivity index (χ1v) is 28.4. The van der Waals surface area contributed by atoms with Crippen LogP contribution in [0.2, 0.25) is 0 Å². The molecule has 82 heavy (non-hydrogen) atoms. The molecule has 0 nitrogen and oxygen atoms in total. The standard InChI is InChI=1S/C82H54/c1-11-33-55(34-12-1)67-65-53-31-32-54-66(65)68(56-35-13-2-14-36-56)78-74(62-47-25-8-26-48-62)82-76(64-51-29-10-30-52-64)80-72(60-43-21-6-22-44-60)70(58-39-17-4-18-40-58)69(57-37-15-3-16-38-57)71(59-41-19-5-20-42-59)79(80)75(63-49-27-9-28-50-63)81(82)73(77(67)78)61-45-23-7-24-46-61/h1-54H. The molecular weight excluding hydrogens is 985 g/mol. The number of hydrogen-bond acceptors (Lipinski definition) is 0. The molecular formula is C82H54. The lowest BCUT2D eigenvalue weighted by Crippen LogP contribution is -2.04. The highest BCUT2D eigenvalue weighted by Gasteiger charge is 2.35. The fourth-order valence-corrected chi connectivity index (χ4v) is 13.4. The first kappa shape index (κ1) is 48.5. The van der Waals surface area contributed by atoms with Crippen molar-refractivity contribution in [2.45, 2.75) is 0 Å². The molecule has 0 heteroatoms. The third kappa shape index (κ3) is 8.07. The predicted molar refractivity (Wildman–Crippen MR) is 351 cm³/mol. The normalized spacial score (nSPS) is 11.4. The van der Waals surface area contributed by atoms with Crippen molar-refractivity contribution in [3.8, 4) is 111 Å². The van der Waals surface area contributed by atoms with Gasteiger partial charge in [0, 0.05) is 0 Å². The second-order valence-corrected chi connectivity index (χ2v) is 21.2. The lowest BCUT2D eigenvalue weighted by atomic mass is 9.70. The highest BCUT2D eigenvalue weighted by molar-refractivity contribution is 6.42. The van der Waals surface area contributed by atoms with E-state index < -0.39 is 0 Å². The summed E-state index contributed by atoms with van der Waals surface area (Å²) in [6.07, 6.45) is 0. The number of benzene rings is 15. The van der Waals surface area contributed by atoms with Crippen molar-refractivity contribution in [2.75, 3.05) is 0 Å². The first-order chi connectivity index (χ1) is 40.8. The Labute approximate surface area is 479 Å². The minimum atomic E-state index is 1.14. The summed E-state index contributed by atoms with van der Waals surface area (Å²) in [7, 11) is 0. The molecule has 0 atom stereocenters. The minimum absolute atomic E-state index is 1.14. The van der Waals surface area contributed by atoms with Crippen molar-refractivity contribution in [3.05, 3.63) is 328 Å². The van der Waals surface area contributed by atoms with Gasteiger partial charge in [-0.05, 0) is 154 Å². The maximum atomic E-state index is 2.36. The van der Waals surface area contributed by atoms with Crippen LogP contribution in [0.3, 0.4) is 0 Å². The second kappa shape index (κ2) is 20.9. The van der Waals surface area contributed by atoms with Crippen LogP contribution in [0.1, 0.15) is 0 Å². The molecule has 0 aliphatic rings. The van der Waals surface area contributed by atoms with Crippen LogP contribution in [0.5, 0.6) is 0 Å². The zero-order valence-electron chi connectivity index (χ0n) is 45.2. The summed E-state index contributed by atoms with van der Waals surface area (Å²) in [5.41, 5.74) is 23.4. The van der Waals surface area contributed by atoms with Gasteiger partial charge in [0.15, 0.2) is 0 Å². The van der Waals surface area contributed by atoms with Gasteiger partial charge in [-0.25, -0.2) is 0 Å². The Hall–Kier alpha value is -10.7. The van der Waals surface area contributed by atoms with Gasteiger partial charge in [-0.2, -0.15) is 0 Å². The van der Waals surface area contributed by atoms with E-state index in [4.69, 9.17) is 0 Å². The first-order valence-electron chi connectivity index (χ1n) is 28.4. The summed E-state index contributed by atoms with van der Waals surface area (Å²) >= 11 is 0. The van der Waals surface area contributed by atoms with Crippen LogP contribution in [-0.2, 0) is 0 Å². The predicted octanol–water partition coefficient (Wildman–Crippen LogP) is 23.0. The molecule has 0 saturated carbocycles. The van der Waals surface area contributed by atoms with E-state index >= 15 is 0 Å². The van der Waals surface area contributed by atoms with Crippen LogP contribution in [0, 0.1) is 0 Å². The van der Waals surface area contributed by atoms with Crippen LogP contribution in [0.15, 0.2) is 328 Å². The van der Waals surface area contributed by atoms with E-state index in [1.165, 1.54) is 110 Å². The van der Waals surface area contributed by atoms with Crippen LogP contribution < -0.4 is 0 Å². The highest BCUT2D eigenvalue weighted by atomic mass is 14.4. The minimum Gasteiger partial charge on any atom is -0.0622 e. The van der Waals surface area contributed by atoms with E-state index in [1.807, 2.05) is 0 Å². The molecule has 0 radical (unpaired) electrons. The molecule has 0 aliphatic heterocycles. The van der Waals surface area contributed by atoms with Gasteiger partial charge in [0.25, 0.3) is 0 Å². The largest absolute Gasteiger partial charge is 0.0622 e. The van der Waals surface area contributed by atoms with Crippen LogP contribution in [0.25, 0.3) is 154 Å². The van der Waals surface area contributed by atoms with E-state index in [2.05, 4.69) is 328 Å². The van der Waals surface area contributed by atoms with Gasteiger partial charge >= 0.3 is 0 Å². The average molecular weight is 1040 g/mol. The summed E-state index contributed by atoms with van der Waals surface area (Å²) in [6, 6.07) is 122. The van der Waals surface area contributed by atoms with Gasteiger partial charge in [-0.15, -0.1) is 0 Å². The quantitative estimate of drug-likeness (QED) is 0.120. The van der Waals surface area contributed by atoms with Crippen molar-refractivity contribution in [2.24, 2.45) is 0 Å². The van der Waals surface area contributed by atoms with Gasteiger partial charge in [0.1, 0.15) is 0 Å². The number of rotatable bonds is 10. The van der Waals surface area contributed by atoms with Crippen molar-refractivity contribution in [3.63, 3.8) is 0 Å². The van der Waals surface area contributed by atoms with E-state index in [1.54, 1.807) is 0 Å². The van der Waals surface area contributed by atoms with Crippen molar-refractivity contribution < 1.29 is 0 Å². The van der Waals surface area contributed by atoms with E-state index in [0.717, 1.165) is 44.5 Å². The summed E-state index contributed by atoms with van der Waals surface area (Å²) in [6.45, 7) is 0. The van der Waals surface area contributed by atoms with Crippen LogP contribution in [0.4, 0.5) is 0 Å². The second-order valence-electron chi connectivity index (χ2n) is 21.2. The molecule has 0 bridgehead atoms. The third-order valence-electron chi connectivity index (χ3n) is 16.6. The van der Waals surface area contributed by atoms with Crippen LogP contribution >= 0.6 is 0 Å². The Morgan fingerprint density at radius 3 is 0.439 bits per heavy atom. The molecule has 382 valence electrons. The maximum absolute atomic E-state index is 2.36. The molecule has 0 fully saturated rings. The van der Waals surface area contributed by atoms with E-state index in [0.29, 0.717) is 0 Å². The Kier molecular flexibility index (Phi) is 12.3. The lowest BCUT2D eigenvalue weighted by molar-refractivity contribution is 1.56. The zero-order chi connectivity index (χ0) is 54.3. The molecule has 0 amide bonds. The van der Waals surface area contributed by atoms with Gasteiger partial charge < -0.3 is 0 Å². The molecule has 15 aromatic rings. The molecule has 0 aromatic heterocycles. The Bertz CT molecular complexity index is 4480. The summed E-state index contributed by atoms with van der Waals surface area (Å²) in [5, 5.41) is 9.63. The van der Waals surface area contributed by atoms with Crippen molar-refractivity contribution in [1.82, 2.24) is 0 Å². The molecule has 15 aromatic carbocycles. The van der Waals surface area contributed by atoms with E-state index in [-0.39, 0.29) is 0 Å². The van der Waals surface area contributed by atoms with E-state index in [9.17, 15) is 0 Å². The Balaban J connectivity index is 1.41. The fourth-order valence-electron chi connectivity index (χ4n) is 13.4. The fraction of sp³-hybridized carbons (Fsp3) is 0. The Morgan fingerprint density at radius 2 is 0.232 bits per heavy atom. The molecule has 0 saturated heterocycles. The lowest BCUT2D eigenvalue weighted by Gasteiger charge is -2.32. The highest BCUT2D eigenvalue weighted by Crippen LogP contribution is 2.62. The summed E-state index contributed by atoms with van der Waals surface area (Å²) < 4.78 is 0. The van der Waals surface area contributed by atoms with Crippen LogP contribution in [-0.4, -0.2) is 0 Å².